The molecular weight excluding hydrogens is 146 g/mol. The van der Waals surface area contributed by atoms with E-state index >= 15 is 0 Å². The van der Waals surface area contributed by atoms with E-state index < -0.39 is 0 Å². The molecule has 1 nitrogen and oxygen atoms in total. The lowest BCUT2D eigenvalue weighted by atomic mass is 10.00. The SMILES string of the molecule is CC1CC1NC(C)C1CCCC1. The summed E-state index contributed by atoms with van der Waals surface area (Å²) in [6.45, 7) is 4.72. The fourth-order valence-electron chi connectivity index (χ4n) is 2.49. The van der Waals surface area contributed by atoms with E-state index in [0.717, 1.165) is 23.9 Å². The molecule has 1 N–H and O–H groups in total. The smallest absolute Gasteiger partial charge is 0.00989 e. The van der Waals surface area contributed by atoms with Crippen molar-refractivity contribution in [3.8, 4) is 0 Å². The minimum Gasteiger partial charge on any atom is -0.311 e. The number of rotatable bonds is 3. The van der Waals surface area contributed by atoms with Gasteiger partial charge in [0.1, 0.15) is 0 Å². The van der Waals surface area contributed by atoms with Crippen molar-refractivity contribution in [2.75, 3.05) is 0 Å². The van der Waals surface area contributed by atoms with Gasteiger partial charge in [-0.1, -0.05) is 19.8 Å². The quantitative estimate of drug-likeness (QED) is 0.681. The third-order valence-corrected chi connectivity index (χ3v) is 3.69. The van der Waals surface area contributed by atoms with Crippen molar-refractivity contribution in [2.45, 2.75) is 58.0 Å². The molecule has 12 heavy (non-hydrogen) atoms. The van der Waals surface area contributed by atoms with E-state index in [1.165, 1.54) is 32.1 Å². The fraction of sp³-hybridized carbons (Fsp3) is 1.00. The molecule has 3 atom stereocenters. The van der Waals surface area contributed by atoms with Crippen molar-refractivity contribution in [1.82, 2.24) is 5.32 Å². The molecular formula is C11H21N. The first kappa shape index (κ1) is 8.55. The molecule has 1 heteroatoms. The third kappa shape index (κ3) is 1.82. The van der Waals surface area contributed by atoms with Crippen LogP contribution in [0.1, 0.15) is 46.0 Å². The molecule has 0 heterocycles. The van der Waals surface area contributed by atoms with Gasteiger partial charge < -0.3 is 5.32 Å². The standard InChI is InChI=1S/C11H21N/c1-8-7-11(8)12-9(2)10-5-3-4-6-10/h8-12H,3-7H2,1-2H3. The zero-order valence-electron chi connectivity index (χ0n) is 8.34. The molecule has 0 aromatic heterocycles. The van der Waals surface area contributed by atoms with Crippen LogP contribution in [0.2, 0.25) is 0 Å². The maximum Gasteiger partial charge on any atom is 0.00989 e. The Morgan fingerprint density at radius 3 is 2.33 bits per heavy atom. The second kappa shape index (κ2) is 3.37. The molecule has 2 saturated carbocycles. The molecule has 0 aliphatic heterocycles. The minimum atomic E-state index is 0.780. The maximum atomic E-state index is 3.75. The predicted octanol–water partition coefficient (Wildman–Crippen LogP) is 2.56. The summed E-state index contributed by atoms with van der Waals surface area (Å²) in [5.74, 6) is 1.94. The number of hydrogen-bond donors (Lipinski definition) is 1. The van der Waals surface area contributed by atoms with E-state index in [0.29, 0.717) is 0 Å². The summed E-state index contributed by atoms with van der Waals surface area (Å²) >= 11 is 0. The Kier molecular flexibility index (Phi) is 2.40. The Balaban J connectivity index is 1.72. The lowest BCUT2D eigenvalue weighted by Crippen LogP contribution is -2.34. The van der Waals surface area contributed by atoms with Gasteiger partial charge >= 0.3 is 0 Å². The van der Waals surface area contributed by atoms with Gasteiger partial charge in [0.05, 0.1) is 0 Å². The van der Waals surface area contributed by atoms with Gasteiger partial charge in [-0.05, 0) is 38.0 Å². The normalized spacial score (nSPS) is 38.5. The van der Waals surface area contributed by atoms with Gasteiger partial charge in [0, 0.05) is 12.1 Å². The van der Waals surface area contributed by atoms with Crippen LogP contribution in [0.3, 0.4) is 0 Å². The molecule has 2 aliphatic carbocycles. The molecule has 2 rings (SSSR count). The first-order valence-corrected chi connectivity index (χ1v) is 5.53. The predicted molar refractivity (Wildman–Crippen MR) is 52.1 cm³/mol. The largest absolute Gasteiger partial charge is 0.311 e. The van der Waals surface area contributed by atoms with Crippen molar-refractivity contribution < 1.29 is 0 Å². The molecule has 3 unspecified atom stereocenters. The zero-order chi connectivity index (χ0) is 8.55. The molecule has 70 valence electrons. The summed E-state index contributed by atoms with van der Waals surface area (Å²) in [5, 5.41) is 3.75. The lowest BCUT2D eigenvalue weighted by molar-refractivity contribution is 0.374. The molecule has 0 bridgehead atoms. The molecule has 2 fully saturated rings. The molecule has 0 amide bonds. The van der Waals surface area contributed by atoms with Crippen molar-refractivity contribution in [3.63, 3.8) is 0 Å². The summed E-state index contributed by atoms with van der Waals surface area (Å²) in [7, 11) is 0. The van der Waals surface area contributed by atoms with Crippen molar-refractivity contribution in [2.24, 2.45) is 11.8 Å². The molecule has 0 aromatic carbocycles. The lowest BCUT2D eigenvalue weighted by Gasteiger charge is -2.20. The summed E-state index contributed by atoms with van der Waals surface area (Å²) in [4.78, 5) is 0. The first-order valence-electron chi connectivity index (χ1n) is 5.53. The van der Waals surface area contributed by atoms with E-state index in [4.69, 9.17) is 0 Å². The Morgan fingerprint density at radius 2 is 1.83 bits per heavy atom. The molecule has 0 saturated heterocycles. The van der Waals surface area contributed by atoms with Gasteiger partial charge in [-0.25, -0.2) is 0 Å². The molecule has 0 spiro atoms. The first-order chi connectivity index (χ1) is 5.77. The van der Waals surface area contributed by atoms with Gasteiger partial charge in [0.25, 0.3) is 0 Å². The molecule has 2 aliphatic rings. The minimum absolute atomic E-state index is 0.780. The van der Waals surface area contributed by atoms with Crippen LogP contribution in [-0.2, 0) is 0 Å². The average Bonchev–Trinajstić information content (AvgIpc) is 2.58. The van der Waals surface area contributed by atoms with Crippen LogP contribution >= 0.6 is 0 Å². The van der Waals surface area contributed by atoms with Gasteiger partial charge in [-0.3, -0.25) is 0 Å². The van der Waals surface area contributed by atoms with Crippen LogP contribution in [0.15, 0.2) is 0 Å². The Hall–Kier alpha value is -0.0400. The molecule has 0 radical (unpaired) electrons. The Morgan fingerprint density at radius 1 is 1.25 bits per heavy atom. The highest BCUT2D eigenvalue weighted by Crippen LogP contribution is 2.33. The highest BCUT2D eigenvalue weighted by atomic mass is 15.0. The topological polar surface area (TPSA) is 12.0 Å². The maximum absolute atomic E-state index is 3.75. The van der Waals surface area contributed by atoms with Gasteiger partial charge in [0.15, 0.2) is 0 Å². The van der Waals surface area contributed by atoms with E-state index in [-0.39, 0.29) is 0 Å². The zero-order valence-corrected chi connectivity index (χ0v) is 8.34. The van der Waals surface area contributed by atoms with Crippen molar-refractivity contribution >= 4 is 0 Å². The van der Waals surface area contributed by atoms with Gasteiger partial charge in [0.2, 0.25) is 0 Å². The number of nitrogens with one attached hydrogen (secondary N) is 1. The van der Waals surface area contributed by atoms with E-state index in [1.54, 1.807) is 0 Å². The van der Waals surface area contributed by atoms with E-state index in [9.17, 15) is 0 Å². The van der Waals surface area contributed by atoms with Crippen LogP contribution in [0.25, 0.3) is 0 Å². The van der Waals surface area contributed by atoms with Crippen LogP contribution in [-0.4, -0.2) is 12.1 Å². The summed E-state index contributed by atoms with van der Waals surface area (Å²) < 4.78 is 0. The fourth-order valence-corrected chi connectivity index (χ4v) is 2.49. The second-order valence-electron chi connectivity index (χ2n) is 4.82. The summed E-state index contributed by atoms with van der Waals surface area (Å²) in [5.41, 5.74) is 0. The Labute approximate surface area is 75.9 Å². The molecule has 0 aromatic rings. The van der Waals surface area contributed by atoms with Crippen molar-refractivity contribution in [1.29, 1.82) is 0 Å². The van der Waals surface area contributed by atoms with Gasteiger partial charge in [-0.15, -0.1) is 0 Å². The second-order valence-corrected chi connectivity index (χ2v) is 4.82. The van der Waals surface area contributed by atoms with Crippen molar-refractivity contribution in [3.05, 3.63) is 0 Å². The third-order valence-electron chi connectivity index (χ3n) is 3.69. The summed E-state index contributed by atoms with van der Waals surface area (Å²) in [6, 6.07) is 1.64. The van der Waals surface area contributed by atoms with Crippen LogP contribution in [0.4, 0.5) is 0 Å². The van der Waals surface area contributed by atoms with Crippen LogP contribution in [0, 0.1) is 11.8 Å². The highest BCUT2D eigenvalue weighted by molar-refractivity contribution is 4.92. The number of hydrogen-bond acceptors (Lipinski definition) is 1. The van der Waals surface area contributed by atoms with Crippen LogP contribution < -0.4 is 5.32 Å². The van der Waals surface area contributed by atoms with E-state index in [1.807, 2.05) is 0 Å². The van der Waals surface area contributed by atoms with Gasteiger partial charge in [-0.2, -0.15) is 0 Å². The summed E-state index contributed by atoms with van der Waals surface area (Å²) in [6.07, 6.45) is 7.29. The average molecular weight is 167 g/mol. The van der Waals surface area contributed by atoms with E-state index in [2.05, 4.69) is 19.2 Å². The Bertz CT molecular complexity index is 149. The monoisotopic (exact) mass is 167 g/mol. The highest BCUT2D eigenvalue weighted by Gasteiger charge is 2.35. The van der Waals surface area contributed by atoms with Crippen LogP contribution in [0.5, 0.6) is 0 Å².